The lowest BCUT2D eigenvalue weighted by atomic mass is 10.0. The first kappa shape index (κ1) is 12.1. The van der Waals surface area contributed by atoms with Gasteiger partial charge in [0.05, 0.1) is 5.84 Å². The minimum Gasteiger partial charge on any atom is -0.387 e. The third kappa shape index (κ3) is 3.96. The molecule has 0 radical (unpaired) electrons. The molecule has 3 heteroatoms. The van der Waals surface area contributed by atoms with Gasteiger partial charge in [0.1, 0.15) is 0 Å². The lowest BCUT2D eigenvalue weighted by Gasteiger charge is -2.16. The van der Waals surface area contributed by atoms with Gasteiger partial charge in [0.25, 0.3) is 0 Å². The van der Waals surface area contributed by atoms with Gasteiger partial charge in [0.15, 0.2) is 0 Å². The van der Waals surface area contributed by atoms with Crippen LogP contribution in [0.2, 0.25) is 0 Å². The van der Waals surface area contributed by atoms with Gasteiger partial charge >= 0.3 is 0 Å². The van der Waals surface area contributed by atoms with Crippen molar-refractivity contribution in [1.29, 1.82) is 5.41 Å². The van der Waals surface area contributed by atoms with Crippen LogP contribution >= 0.6 is 11.8 Å². The zero-order valence-corrected chi connectivity index (χ0v) is 10.1. The second-order valence-electron chi connectivity index (χ2n) is 3.80. The van der Waals surface area contributed by atoms with Crippen LogP contribution in [-0.4, -0.2) is 16.8 Å². The van der Waals surface area contributed by atoms with Gasteiger partial charge in [-0.1, -0.05) is 44.2 Å². The Labute approximate surface area is 95.8 Å². The van der Waals surface area contributed by atoms with Crippen LogP contribution in [0.25, 0.3) is 0 Å². The molecule has 3 N–H and O–H groups in total. The number of rotatable bonds is 5. The van der Waals surface area contributed by atoms with E-state index in [1.807, 2.05) is 42.1 Å². The summed E-state index contributed by atoms with van der Waals surface area (Å²) < 4.78 is 0. The van der Waals surface area contributed by atoms with E-state index in [0.29, 0.717) is 5.25 Å². The molecule has 0 fully saturated rings. The van der Waals surface area contributed by atoms with Crippen molar-refractivity contribution in [1.82, 2.24) is 0 Å². The molecule has 0 bridgehead atoms. The molecular formula is C12H18N2S. The Morgan fingerprint density at radius 2 is 1.93 bits per heavy atom. The quantitative estimate of drug-likeness (QED) is 0.594. The minimum atomic E-state index is 0.0543. The average molecular weight is 222 g/mol. The molecule has 0 aliphatic heterocycles. The van der Waals surface area contributed by atoms with Crippen LogP contribution in [0.15, 0.2) is 30.3 Å². The summed E-state index contributed by atoms with van der Waals surface area (Å²) in [6.07, 6.45) is 0. The van der Waals surface area contributed by atoms with E-state index in [9.17, 15) is 0 Å². The number of hydrogen-bond acceptors (Lipinski definition) is 2. The van der Waals surface area contributed by atoms with Crippen molar-refractivity contribution in [2.45, 2.75) is 25.0 Å². The molecule has 1 aromatic carbocycles. The minimum absolute atomic E-state index is 0.0543. The van der Waals surface area contributed by atoms with E-state index in [0.717, 1.165) is 11.3 Å². The van der Waals surface area contributed by atoms with Gasteiger partial charge in [-0.05, 0) is 10.8 Å². The highest BCUT2D eigenvalue weighted by atomic mass is 32.2. The highest BCUT2D eigenvalue weighted by Crippen LogP contribution is 2.22. The fourth-order valence-electron chi connectivity index (χ4n) is 1.34. The van der Waals surface area contributed by atoms with Crippen molar-refractivity contribution < 1.29 is 0 Å². The molecule has 15 heavy (non-hydrogen) atoms. The Morgan fingerprint density at radius 1 is 1.33 bits per heavy atom. The van der Waals surface area contributed by atoms with Gasteiger partial charge in [-0.25, -0.2) is 0 Å². The van der Waals surface area contributed by atoms with Gasteiger partial charge in [-0.15, -0.1) is 0 Å². The molecule has 0 aromatic heterocycles. The summed E-state index contributed by atoms with van der Waals surface area (Å²) in [6.45, 7) is 4.32. The predicted molar refractivity (Wildman–Crippen MR) is 68.7 cm³/mol. The summed E-state index contributed by atoms with van der Waals surface area (Å²) in [5, 5.41) is 8.18. The molecule has 1 atom stereocenters. The SMILES string of the molecule is CC(C)SCC(C(=N)N)c1ccccc1. The normalized spacial score (nSPS) is 12.7. The smallest absolute Gasteiger partial charge is 0.0990 e. The monoisotopic (exact) mass is 222 g/mol. The van der Waals surface area contributed by atoms with Crippen molar-refractivity contribution >= 4 is 17.6 Å². The Kier molecular flexibility index (Phi) is 4.69. The Morgan fingerprint density at radius 3 is 2.40 bits per heavy atom. The highest BCUT2D eigenvalue weighted by Gasteiger charge is 2.14. The average Bonchev–Trinajstić information content (AvgIpc) is 2.18. The number of hydrogen-bond donors (Lipinski definition) is 2. The molecule has 82 valence electrons. The lowest BCUT2D eigenvalue weighted by molar-refractivity contribution is 0.994. The summed E-state index contributed by atoms with van der Waals surface area (Å²) in [6, 6.07) is 10.0. The molecule has 1 rings (SSSR count). The third-order valence-electron chi connectivity index (χ3n) is 2.17. The van der Waals surface area contributed by atoms with Gasteiger partial charge in [-0.3, -0.25) is 5.41 Å². The van der Waals surface area contributed by atoms with Crippen molar-refractivity contribution in [3.63, 3.8) is 0 Å². The van der Waals surface area contributed by atoms with Crippen molar-refractivity contribution in [3.8, 4) is 0 Å². The first-order valence-electron chi connectivity index (χ1n) is 5.11. The number of nitrogens with one attached hydrogen (secondary N) is 1. The lowest BCUT2D eigenvalue weighted by Crippen LogP contribution is -2.23. The zero-order valence-electron chi connectivity index (χ0n) is 9.23. The van der Waals surface area contributed by atoms with Crippen LogP contribution < -0.4 is 5.73 Å². The van der Waals surface area contributed by atoms with Gasteiger partial charge in [-0.2, -0.15) is 11.8 Å². The maximum Gasteiger partial charge on any atom is 0.0990 e. The van der Waals surface area contributed by atoms with E-state index in [-0.39, 0.29) is 11.8 Å². The maximum atomic E-state index is 7.60. The molecule has 1 aromatic rings. The third-order valence-corrected chi connectivity index (χ3v) is 3.37. The van der Waals surface area contributed by atoms with Gasteiger partial charge < -0.3 is 5.73 Å². The summed E-state index contributed by atoms with van der Waals surface area (Å²) in [5.74, 6) is 1.20. The predicted octanol–water partition coefficient (Wildman–Crippen LogP) is 2.85. The Bertz CT molecular complexity index is 309. The molecule has 2 nitrogen and oxygen atoms in total. The summed E-state index contributed by atoms with van der Waals surface area (Å²) >= 11 is 1.84. The molecule has 0 aliphatic carbocycles. The topological polar surface area (TPSA) is 49.9 Å². The molecule has 0 heterocycles. The molecule has 0 saturated carbocycles. The van der Waals surface area contributed by atoms with Crippen LogP contribution in [0.1, 0.15) is 25.3 Å². The van der Waals surface area contributed by atoms with E-state index < -0.39 is 0 Å². The molecule has 0 aliphatic rings. The molecule has 1 unspecified atom stereocenters. The zero-order chi connectivity index (χ0) is 11.3. The first-order chi connectivity index (χ1) is 7.11. The van der Waals surface area contributed by atoms with E-state index >= 15 is 0 Å². The van der Waals surface area contributed by atoms with Gasteiger partial charge in [0, 0.05) is 11.7 Å². The standard InChI is InChI=1S/C12H18N2S/c1-9(2)15-8-11(12(13)14)10-6-4-3-5-7-10/h3-7,9,11H,8H2,1-2H3,(H3,13,14). The molecule has 0 spiro atoms. The van der Waals surface area contributed by atoms with Crippen LogP contribution in [0.3, 0.4) is 0 Å². The fourth-order valence-corrected chi connectivity index (χ4v) is 2.29. The number of benzene rings is 1. The Balaban J connectivity index is 2.71. The van der Waals surface area contributed by atoms with E-state index in [4.69, 9.17) is 11.1 Å². The summed E-state index contributed by atoms with van der Waals surface area (Å²) in [7, 11) is 0. The summed E-state index contributed by atoms with van der Waals surface area (Å²) in [4.78, 5) is 0. The second kappa shape index (κ2) is 5.81. The van der Waals surface area contributed by atoms with Crippen LogP contribution in [0, 0.1) is 5.41 Å². The van der Waals surface area contributed by atoms with E-state index in [1.165, 1.54) is 0 Å². The number of thioether (sulfide) groups is 1. The number of amidine groups is 1. The van der Waals surface area contributed by atoms with Crippen molar-refractivity contribution in [3.05, 3.63) is 35.9 Å². The second-order valence-corrected chi connectivity index (χ2v) is 5.41. The van der Waals surface area contributed by atoms with Gasteiger partial charge in [0.2, 0.25) is 0 Å². The van der Waals surface area contributed by atoms with Crippen molar-refractivity contribution in [2.24, 2.45) is 5.73 Å². The van der Waals surface area contributed by atoms with Crippen LogP contribution in [0.4, 0.5) is 0 Å². The molecule has 0 saturated heterocycles. The Hall–Kier alpha value is -0.960. The van der Waals surface area contributed by atoms with Crippen LogP contribution in [0.5, 0.6) is 0 Å². The largest absolute Gasteiger partial charge is 0.387 e. The molecular weight excluding hydrogens is 204 g/mol. The van der Waals surface area contributed by atoms with E-state index in [1.54, 1.807) is 0 Å². The fraction of sp³-hybridized carbons (Fsp3) is 0.417. The molecule has 0 amide bonds. The summed E-state index contributed by atoms with van der Waals surface area (Å²) in [5.41, 5.74) is 6.76. The van der Waals surface area contributed by atoms with Crippen molar-refractivity contribution in [2.75, 3.05) is 5.75 Å². The maximum absolute atomic E-state index is 7.60. The van der Waals surface area contributed by atoms with Crippen LogP contribution in [-0.2, 0) is 0 Å². The number of nitrogens with two attached hydrogens (primary N) is 1. The van der Waals surface area contributed by atoms with E-state index in [2.05, 4.69) is 13.8 Å². The highest BCUT2D eigenvalue weighted by molar-refractivity contribution is 7.99. The first-order valence-corrected chi connectivity index (χ1v) is 6.16.